The Kier molecular flexibility index (Phi) is 2.58. The Bertz CT molecular complexity index is 335. The van der Waals surface area contributed by atoms with E-state index in [2.05, 4.69) is 25.1 Å². The maximum Gasteiger partial charge on any atom is 0.0314 e. The van der Waals surface area contributed by atoms with Crippen molar-refractivity contribution in [2.45, 2.75) is 26.2 Å². The molecule has 2 rings (SSSR count). The molecule has 1 unspecified atom stereocenters. The second kappa shape index (κ2) is 3.87. The van der Waals surface area contributed by atoms with Crippen LogP contribution in [0.2, 0.25) is 0 Å². The fraction of sp³-hybridized carbons (Fsp3) is 0.385. The number of hydrogen-bond acceptors (Lipinski definition) is 1. The van der Waals surface area contributed by atoms with E-state index in [1.807, 2.05) is 12.1 Å². The van der Waals surface area contributed by atoms with E-state index >= 15 is 0 Å². The van der Waals surface area contributed by atoms with Crippen molar-refractivity contribution in [1.82, 2.24) is 0 Å². The van der Waals surface area contributed by atoms with Crippen LogP contribution < -0.4 is 5.73 Å². The van der Waals surface area contributed by atoms with Crippen LogP contribution in [0.1, 0.15) is 31.7 Å². The molecule has 0 heterocycles. The topological polar surface area (TPSA) is 26.0 Å². The first-order valence-corrected chi connectivity index (χ1v) is 5.30. The van der Waals surface area contributed by atoms with Crippen LogP contribution in [0.25, 0.3) is 5.57 Å². The number of allylic oxidation sites excluding steroid dienone is 2. The molecule has 0 saturated heterocycles. The lowest BCUT2D eigenvalue weighted by atomic mass is 9.87. The van der Waals surface area contributed by atoms with Crippen molar-refractivity contribution in [1.29, 1.82) is 0 Å². The third kappa shape index (κ3) is 1.98. The van der Waals surface area contributed by atoms with Gasteiger partial charge in [-0.1, -0.05) is 25.1 Å². The minimum Gasteiger partial charge on any atom is -0.399 e. The van der Waals surface area contributed by atoms with E-state index in [1.54, 1.807) is 0 Å². The average Bonchev–Trinajstić information content (AvgIpc) is 2.19. The quantitative estimate of drug-likeness (QED) is 0.669. The van der Waals surface area contributed by atoms with Gasteiger partial charge in [0.05, 0.1) is 0 Å². The van der Waals surface area contributed by atoms with E-state index in [4.69, 9.17) is 5.73 Å². The van der Waals surface area contributed by atoms with Crippen LogP contribution in [0.4, 0.5) is 5.69 Å². The lowest BCUT2D eigenvalue weighted by Gasteiger charge is -2.19. The minimum absolute atomic E-state index is 0.826. The van der Waals surface area contributed by atoms with Crippen molar-refractivity contribution in [2.24, 2.45) is 5.92 Å². The summed E-state index contributed by atoms with van der Waals surface area (Å²) in [6.45, 7) is 2.32. The summed E-state index contributed by atoms with van der Waals surface area (Å²) in [5.74, 6) is 0.826. The molecule has 1 nitrogen and oxygen atoms in total. The molecule has 0 aromatic heterocycles. The van der Waals surface area contributed by atoms with Crippen LogP contribution in [-0.4, -0.2) is 0 Å². The van der Waals surface area contributed by atoms with Gasteiger partial charge >= 0.3 is 0 Å². The van der Waals surface area contributed by atoms with Crippen LogP contribution in [0.3, 0.4) is 0 Å². The third-order valence-corrected chi connectivity index (χ3v) is 2.90. The lowest BCUT2D eigenvalue weighted by molar-refractivity contribution is 0.536. The van der Waals surface area contributed by atoms with Crippen molar-refractivity contribution in [2.75, 3.05) is 5.73 Å². The normalized spacial score (nSPS) is 21.8. The molecule has 74 valence electrons. The summed E-state index contributed by atoms with van der Waals surface area (Å²) in [5.41, 5.74) is 9.34. The number of nitrogens with two attached hydrogens (primary N) is 1. The molecule has 0 aliphatic heterocycles. The summed E-state index contributed by atoms with van der Waals surface area (Å²) in [5, 5.41) is 0. The molecule has 1 atom stereocenters. The Labute approximate surface area is 85.6 Å². The summed E-state index contributed by atoms with van der Waals surface area (Å²) < 4.78 is 0. The summed E-state index contributed by atoms with van der Waals surface area (Å²) in [7, 11) is 0. The maximum atomic E-state index is 5.66. The molecular weight excluding hydrogens is 170 g/mol. The van der Waals surface area contributed by atoms with Gasteiger partial charge in [-0.25, -0.2) is 0 Å². The van der Waals surface area contributed by atoms with Gasteiger partial charge < -0.3 is 5.73 Å². The molecule has 1 heteroatoms. The molecule has 0 fully saturated rings. The van der Waals surface area contributed by atoms with Gasteiger partial charge in [0.25, 0.3) is 0 Å². The van der Waals surface area contributed by atoms with E-state index in [-0.39, 0.29) is 0 Å². The second-order valence-electron chi connectivity index (χ2n) is 4.24. The van der Waals surface area contributed by atoms with Gasteiger partial charge in [-0.2, -0.15) is 0 Å². The number of rotatable bonds is 1. The Morgan fingerprint density at radius 2 is 1.93 bits per heavy atom. The average molecular weight is 187 g/mol. The van der Waals surface area contributed by atoms with Crippen molar-refractivity contribution in [3.05, 3.63) is 35.9 Å². The standard InChI is InChI=1S/C13H17N/c1-10-3-2-4-12(9-10)11-5-7-13(14)8-6-11/h4-8,10H,2-3,9,14H2,1H3. The highest BCUT2D eigenvalue weighted by atomic mass is 14.5. The van der Waals surface area contributed by atoms with Crippen LogP contribution in [0.15, 0.2) is 30.3 Å². The third-order valence-electron chi connectivity index (χ3n) is 2.90. The highest BCUT2D eigenvalue weighted by Crippen LogP contribution is 2.30. The van der Waals surface area contributed by atoms with Crippen LogP contribution in [0, 0.1) is 5.92 Å². The molecule has 14 heavy (non-hydrogen) atoms. The fourth-order valence-corrected chi connectivity index (χ4v) is 2.04. The highest BCUT2D eigenvalue weighted by molar-refractivity contribution is 5.67. The van der Waals surface area contributed by atoms with Crippen molar-refractivity contribution in [3.8, 4) is 0 Å². The van der Waals surface area contributed by atoms with Gasteiger partial charge in [0.15, 0.2) is 0 Å². The Morgan fingerprint density at radius 3 is 2.57 bits per heavy atom. The summed E-state index contributed by atoms with van der Waals surface area (Å²) in [6, 6.07) is 8.21. The number of nitrogen functional groups attached to an aromatic ring is 1. The first-order valence-electron chi connectivity index (χ1n) is 5.30. The molecule has 0 bridgehead atoms. The molecule has 0 saturated carbocycles. The summed E-state index contributed by atoms with van der Waals surface area (Å²) >= 11 is 0. The van der Waals surface area contributed by atoms with Crippen LogP contribution in [0.5, 0.6) is 0 Å². The van der Waals surface area contributed by atoms with Gasteiger partial charge in [-0.3, -0.25) is 0 Å². The van der Waals surface area contributed by atoms with Gasteiger partial charge in [0.1, 0.15) is 0 Å². The second-order valence-corrected chi connectivity index (χ2v) is 4.24. The van der Waals surface area contributed by atoms with Crippen molar-refractivity contribution in [3.63, 3.8) is 0 Å². The van der Waals surface area contributed by atoms with E-state index in [9.17, 15) is 0 Å². The highest BCUT2D eigenvalue weighted by Gasteiger charge is 2.11. The van der Waals surface area contributed by atoms with Crippen molar-refractivity contribution >= 4 is 11.3 Å². The van der Waals surface area contributed by atoms with E-state index in [0.29, 0.717) is 0 Å². The van der Waals surface area contributed by atoms with E-state index in [1.165, 1.54) is 30.4 Å². The zero-order valence-electron chi connectivity index (χ0n) is 8.66. The van der Waals surface area contributed by atoms with Crippen LogP contribution >= 0.6 is 0 Å². The molecule has 1 aliphatic carbocycles. The predicted molar refractivity (Wildman–Crippen MR) is 61.8 cm³/mol. The zero-order valence-corrected chi connectivity index (χ0v) is 8.66. The van der Waals surface area contributed by atoms with Crippen LogP contribution in [-0.2, 0) is 0 Å². The number of anilines is 1. The molecular formula is C13H17N. The first-order chi connectivity index (χ1) is 6.75. The van der Waals surface area contributed by atoms with Crippen molar-refractivity contribution < 1.29 is 0 Å². The Balaban J connectivity index is 2.22. The smallest absolute Gasteiger partial charge is 0.0314 e. The molecule has 1 aliphatic rings. The SMILES string of the molecule is CC1CCC=C(c2ccc(N)cc2)C1. The van der Waals surface area contributed by atoms with Gasteiger partial charge in [-0.05, 0) is 48.4 Å². The lowest BCUT2D eigenvalue weighted by Crippen LogP contribution is -2.01. The first kappa shape index (κ1) is 9.32. The molecule has 1 aromatic rings. The fourth-order valence-electron chi connectivity index (χ4n) is 2.04. The van der Waals surface area contributed by atoms with Gasteiger partial charge in [-0.15, -0.1) is 0 Å². The number of hydrogen-bond donors (Lipinski definition) is 1. The van der Waals surface area contributed by atoms with E-state index < -0.39 is 0 Å². The summed E-state index contributed by atoms with van der Waals surface area (Å²) in [6.07, 6.45) is 6.13. The Hall–Kier alpha value is -1.24. The largest absolute Gasteiger partial charge is 0.399 e. The number of benzene rings is 1. The monoisotopic (exact) mass is 187 g/mol. The Morgan fingerprint density at radius 1 is 1.21 bits per heavy atom. The van der Waals surface area contributed by atoms with E-state index in [0.717, 1.165) is 11.6 Å². The molecule has 0 radical (unpaired) electrons. The van der Waals surface area contributed by atoms with Gasteiger partial charge in [0, 0.05) is 5.69 Å². The molecule has 1 aromatic carbocycles. The van der Waals surface area contributed by atoms with Gasteiger partial charge in [0.2, 0.25) is 0 Å². The maximum absolute atomic E-state index is 5.66. The predicted octanol–water partition coefficient (Wildman–Crippen LogP) is 3.47. The minimum atomic E-state index is 0.826. The molecule has 0 spiro atoms. The molecule has 0 amide bonds. The molecule has 2 N–H and O–H groups in total. The summed E-state index contributed by atoms with van der Waals surface area (Å²) in [4.78, 5) is 0. The zero-order chi connectivity index (χ0) is 9.97.